The Bertz CT molecular complexity index is 453. The van der Waals surface area contributed by atoms with Crippen LogP contribution in [0.4, 0.5) is 0 Å². The number of nitrogens with one attached hydrogen (secondary N) is 2. The summed E-state index contributed by atoms with van der Waals surface area (Å²) in [4.78, 5) is 12.0. The highest BCUT2D eigenvalue weighted by atomic mass is 79.9. The molecule has 2 atom stereocenters. The van der Waals surface area contributed by atoms with Crippen molar-refractivity contribution in [2.75, 3.05) is 19.6 Å². The van der Waals surface area contributed by atoms with Crippen LogP contribution in [0.25, 0.3) is 0 Å². The van der Waals surface area contributed by atoms with Crippen molar-refractivity contribution in [3.05, 3.63) is 28.7 Å². The third-order valence-electron chi connectivity index (χ3n) is 3.44. The molecule has 1 heterocycles. The van der Waals surface area contributed by atoms with Gasteiger partial charge in [-0.2, -0.15) is 0 Å². The summed E-state index contributed by atoms with van der Waals surface area (Å²) < 4.78 is 6.58. The Kier molecular flexibility index (Phi) is 8.07. The largest absolute Gasteiger partial charge is 0.481 e. The van der Waals surface area contributed by atoms with Crippen molar-refractivity contribution in [2.45, 2.75) is 25.9 Å². The van der Waals surface area contributed by atoms with E-state index < -0.39 is 6.10 Å². The van der Waals surface area contributed by atoms with E-state index in [4.69, 9.17) is 4.74 Å². The number of hydrogen-bond donors (Lipinski definition) is 2. The highest BCUT2D eigenvalue weighted by Gasteiger charge is 2.18. The summed E-state index contributed by atoms with van der Waals surface area (Å²) in [5.74, 6) is 1.17. The summed E-state index contributed by atoms with van der Waals surface area (Å²) in [7, 11) is 0. The smallest absolute Gasteiger partial charge is 0.260 e. The van der Waals surface area contributed by atoms with E-state index in [1.165, 1.54) is 12.8 Å². The highest BCUT2D eigenvalue weighted by molar-refractivity contribution is 9.10. The molecule has 0 aromatic heterocycles. The molecule has 0 spiro atoms. The molecule has 0 saturated carbocycles. The van der Waals surface area contributed by atoms with Crippen molar-refractivity contribution in [2.24, 2.45) is 5.92 Å². The van der Waals surface area contributed by atoms with E-state index in [9.17, 15) is 4.79 Å². The zero-order valence-electron chi connectivity index (χ0n) is 12.1. The Balaban J connectivity index is 0.00000220. The Morgan fingerprint density at radius 2 is 2.38 bits per heavy atom. The van der Waals surface area contributed by atoms with Gasteiger partial charge in [-0.3, -0.25) is 4.79 Å². The van der Waals surface area contributed by atoms with Crippen LogP contribution < -0.4 is 15.4 Å². The topological polar surface area (TPSA) is 50.4 Å². The van der Waals surface area contributed by atoms with E-state index in [-0.39, 0.29) is 18.3 Å². The molecule has 0 bridgehead atoms. The van der Waals surface area contributed by atoms with Crippen molar-refractivity contribution in [3.63, 3.8) is 0 Å². The predicted molar refractivity (Wildman–Crippen MR) is 90.1 cm³/mol. The monoisotopic (exact) mass is 376 g/mol. The van der Waals surface area contributed by atoms with Crippen molar-refractivity contribution in [1.82, 2.24) is 10.6 Å². The average molecular weight is 378 g/mol. The molecule has 21 heavy (non-hydrogen) atoms. The first-order valence-electron chi connectivity index (χ1n) is 7.06. The Hall–Kier alpha value is -0.780. The van der Waals surface area contributed by atoms with Crippen molar-refractivity contribution in [3.8, 4) is 5.75 Å². The second-order valence-electron chi connectivity index (χ2n) is 5.17. The van der Waals surface area contributed by atoms with E-state index >= 15 is 0 Å². The number of carbonyl (C=O) groups is 1. The third-order valence-corrected chi connectivity index (χ3v) is 3.94. The number of rotatable bonds is 5. The summed E-state index contributed by atoms with van der Waals surface area (Å²) in [5.41, 5.74) is 0. The quantitative estimate of drug-likeness (QED) is 0.829. The minimum atomic E-state index is -0.485. The molecule has 1 aromatic rings. The number of halogens is 2. The lowest BCUT2D eigenvalue weighted by Crippen LogP contribution is -2.42. The second-order valence-corrected chi connectivity index (χ2v) is 6.09. The molecule has 1 aromatic carbocycles. The van der Waals surface area contributed by atoms with Gasteiger partial charge >= 0.3 is 0 Å². The van der Waals surface area contributed by atoms with E-state index in [1.807, 2.05) is 24.3 Å². The molecule has 118 valence electrons. The average Bonchev–Trinajstić information content (AvgIpc) is 2.46. The normalized spacial score (nSPS) is 19.2. The molecule has 1 fully saturated rings. The first kappa shape index (κ1) is 18.3. The second kappa shape index (κ2) is 9.28. The first-order valence-corrected chi connectivity index (χ1v) is 7.85. The van der Waals surface area contributed by atoms with Crippen LogP contribution in [0.3, 0.4) is 0 Å². The van der Waals surface area contributed by atoms with E-state index in [1.54, 1.807) is 6.92 Å². The highest BCUT2D eigenvalue weighted by Crippen LogP contribution is 2.19. The summed E-state index contributed by atoms with van der Waals surface area (Å²) in [6, 6.07) is 7.51. The molecule has 2 unspecified atom stereocenters. The zero-order chi connectivity index (χ0) is 14.4. The number of ether oxygens (including phenoxy) is 1. The molecule has 1 saturated heterocycles. The minimum Gasteiger partial charge on any atom is -0.481 e. The fraction of sp³-hybridized carbons (Fsp3) is 0.533. The van der Waals surface area contributed by atoms with Crippen LogP contribution in [0.2, 0.25) is 0 Å². The standard InChI is InChI=1S/C15H21BrN2O2.ClH/c1-11(20-14-6-2-5-13(16)8-14)15(19)18-10-12-4-3-7-17-9-12;/h2,5-6,8,11-12,17H,3-4,7,9-10H2,1H3,(H,18,19);1H. The summed E-state index contributed by atoms with van der Waals surface area (Å²) in [5, 5.41) is 6.32. The molecule has 1 aliphatic heterocycles. The third kappa shape index (κ3) is 6.24. The summed E-state index contributed by atoms with van der Waals surface area (Å²) >= 11 is 3.38. The molecular weight excluding hydrogens is 356 g/mol. The van der Waals surface area contributed by atoms with Crippen LogP contribution in [0, 0.1) is 5.92 Å². The van der Waals surface area contributed by atoms with Gasteiger partial charge in [-0.1, -0.05) is 22.0 Å². The lowest BCUT2D eigenvalue weighted by Gasteiger charge is -2.23. The fourth-order valence-corrected chi connectivity index (χ4v) is 2.66. The fourth-order valence-electron chi connectivity index (χ4n) is 2.28. The van der Waals surface area contributed by atoms with Gasteiger partial charge in [0.15, 0.2) is 6.10 Å². The molecule has 1 amide bonds. The van der Waals surface area contributed by atoms with Crippen LogP contribution in [-0.2, 0) is 4.79 Å². The SMILES string of the molecule is CC(Oc1cccc(Br)c1)C(=O)NCC1CCCNC1.Cl. The molecule has 1 aliphatic rings. The molecule has 6 heteroatoms. The summed E-state index contributed by atoms with van der Waals surface area (Å²) in [6.07, 6.45) is 1.87. The molecule has 0 radical (unpaired) electrons. The maximum absolute atomic E-state index is 12.0. The number of amides is 1. The predicted octanol–water partition coefficient (Wildman–Crippen LogP) is 2.75. The number of hydrogen-bond acceptors (Lipinski definition) is 3. The van der Waals surface area contributed by atoms with Gasteiger partial charge in [0, 0.05) is 11.0 Å². The lowest BCUT2D eigenvalue weighted by atomic mass is 10.00. The van der Waals surface area contributed by atoms with Crippen LogP contribution >= 0.6 is 28.3 Å². The van der Waals surface area contributed by atoms with Crippen molar-refractivity contribution in [1.29, 1.82) is 0 Å². The summed E-state index contributed by atoms with van der Waals surface area (Å²) in [6.45, 7) is 4.57. The van der Waals surface area contributed by atoms with Crippen molar-refractivity contribution >= 4 is 34.2 Å². The van der Waals surface area contributed by atoms with Gasteiger partial charge in [0.2, 0.25) is 0 Å². The zero-order valence-corrected chi connectivity index (χ0v) is 14.5. The maximum Gasteiger partial charge on any atom is 0.260 e. The van der Waals surface area contributed by atoms with Crippen LogP contribution in [0.1, 0.15) is 19.8 Å². The molecule has 2 rings (SSSR count). The van der Waals surface area contributed by atoms with Gasteiger partial charge in [0.25, 0.3) is 5.91 Å². The molecule has 2 N–H and O–H groups in total. The maximum atomic E-state index is 12.0. The molecule has 0 aliphatic carbocycles. The number of piperidine rings is 1. The lowest BCUT2D eigenvalue weighted by molar-refractivity contribution is -0.127. The Morgan fingerprint density at radius 1 is 1.57 bits per heavy atom. The van der Waals surface area contributed by atoms with E-state index in [0.29, 0.717) is 11.7 Å². The Labute approximate surface area is 140 Å². The Morgan fingerprint density at radius 3 is 3.05 bits per heavy atom. The van der Waals surface area contributed by atoms with Gasteiger partial charge in [-0.15, -0.1) is 12.4 Å². The van der Waals surface area contributed by atoms with Gasteiger partial charge in [0.05, 0.1) is 0 Å². The van der Waals surface area contributed by atoms with Gasteiger partial charge in [-0.05, 0) is 57.0 Å². The minimum absolute atomic E-state index is 0. The van der Waals surface area contributed by atoms with Gasteiger partial charge in [-0.25, -0.2) is 0 Å². The van der Waals surface area contributed by atoms with Crippen molar-refractivity contribution < 1.29 is 9.53 Å². The van der Waals surface area contributed by atoms with E-state index in [0.717, 1.165) is 24.1 Å². The van der Waals surface area contributed by atoms with Gasteiger partial charge in [0.1, 0.15) is 5.75 Å². The molecule has 4 nitrogen and oxygen atoms in total. The first-order chi connectivity index (χ1) is 9.65. The van der Waals surface area contributed by atoms with Crippen LogP contribution in [0.5, 0.6) is 5.75 Å². The van der Waals surface area contributed by atoms with Crippen LogP contribution in [0.15, 0.2) is 28.7 Å². The number of carbonyl (C=O) groups excluding carboxylic acids is 1. The van der Waals surface area contributed by atoms with E-state index in [2.05, 4.69) is 26.6 Å². The molecular formula is C15H22BrClN2O2. The van der Waals surface area contributed by atoms with Crippen LogP contribution in [-0.4, -0.2) is 31.6 Å². The van der Waals surface area contributed by atoms with Gasteiger partial charge < -0.3 is 15.4 Å². The number of benzene rings is 1.